The van der Waals surface area contributed by atoms with Gasteiger partial charge < -0.3 is 9.87 Å². The second-order valence-electron chi connectivity index (χ2n) is 5.16. The monoisotopic (exact) mass is 331 g/mol. The molecule has 7 heteroatoms. The summed E-state index contributed by atoms with van der Waals surface area (Å²) in [5.41, 5.74) is 0. The summed E-state index contributed by atoms with van der Waals surface area (Å²) in [5, 5.41) is 3.00. The predicted molar refractivity (Wildman–Crippen MR) is 80.4 cm³/mol. The molecule has 1 aliphatic rings. The zero-order valence-corrected chi connectivity index (χ0v) is 16.6. The van der Waals surface area contributed by atoms with E-state index in [4.69, 9.17) is 0 Å². The summed E-state index contributed by atoms with van der Waals surface area (Å²) in [6, 6.07) is 0. The smallest absolute Gasteiger partial charge is 0.726 e. The van der Waals surface area contributed by atoms with E-state index in [0.717, 1.165) is 12.8 Å². The molecule has 1 saturated heterocycles. The first kappa shape index (κ1) is 24.1. The van der Waals surface area contributed by atoms with E-state index in [1.165, 1.54) is 58.0 Å². The molecule has 1 fully saturated rings. The molecule has 0 bridgehead atoms. The molecule has 0 aromatic carbocycles. The number of nitrogens with one attached hydrogen (secondary N) is 1. The quantitative estimate of drug-likeness (QED) is 0.178. The van der Waals surface area contributed by atoms with Crippen molar-refractivity contribution in [1.82, 2.24) is 5.32 Å². The Morgan fingerprint density at radius 2 is 1.29 bits per heavy atom. The van der Waals surface area contributed by atoms with Crippen LogP contribution in [0.25, 0.3) is 0 Å². The van der Waals surface area contributed by atoms with Crippen LogP contribution in [0.2, 0.25) is 0 Å². The van der Waals surface area contributed by atoms with Gasteiger partial charge in [0.15, 0.2) is 0 Å². The van der Waals surface area contributed by atoms with Crippen LogP contribution in [-0.2, 0) is 14.6 Å². The number of hydrogen-bond donors (Lipinski definition) is 1. The van der Waals surface area contributed by atoms with Crippen LogP contribution in [0.15, 0.2) is 0 Å². The van der Waals surface area contributed by atoms with Crippen LogP contribution in [0, 0.1) is 0 Å². The average molecular weight is 331 g/mol. The second-order valence-corrected chi connectivity index (χ2v) is 6.21. The van der Waals surface area contributed by atoms with E-state index in [1.54, 1.807) is 0 Å². The summed E-state index contributed by atoms with van der Waals surface area (Å²) in [5.74, 6) is 0. The molecule has 0 amide bonds. The Morgan fingerprint density at radius 3 is 1.62 bits per heavy atom. The predicted octanol–water partition coefficient (Wildman–Crippen LogP) is -0.0223. The first-order chi connectivity index (χ1) is 9.56. The molecule has 122 valence electrons. The van der Waals surface area contributed by atoms with E-state index < -0.39 is 10.4 Å². The summed E-state index contributed by atoms with van der Waals surface area (Å²) >= 11 is 0. The molecule has 1 N–H and O–H groups in total. The van der Waals surface area contributed by atoms with E-state index in [2.05, 4.69) is 16.4 Å². The summed E-state index contributed by atoms with van der Waals surface area (Å²) in [4.78, 5) is 0. The summed E-state index contributed by atoms with van der Waals surface area (Å²) < 4.78 is 34.5. The summed E-state index contributed by atoms with van der Waals surface area (Å²) in [6.07, 6.45) is 11.7. The van der Waals surface area contributed by atoms with Crippen molar-refractivity contribution in [2.24, 2.45) is 0 Å². The SMILES string of the molecule is C1CN1.CCCCCCCCCCCCOS(=O)(=O)[O-].[Na+]. The van der Waals surface area contributed by atoms with Crippen molar-refractivity contribution in [2.45, 2.75) is 71.1 Å². The van der Waals surface area contributed by atoms with Gasteiger partial charge >= 0.3 is 29.6 Å². The van der Waals surface area contributed by atoms with Crippen LogP contribution in [-0.4, -0.2) is 32.7 Å². The van der Waals surface area contributed by atoms with Crippen LogP contribution in [0.1, 0.15) is 71.1 Å². The van der Waals surface area contributed by atoms with Crippen molar-refractivity contribution in [3.05, 3.63) is 0 Å². The van der Waals surface area contributed by atoms with E-state index in [1.807, 2.05) is 0 Å². The minimum absolute atomic E-state index is 0. The summed E-state index contributed by atoms with van der Waals surface area (Å²) in [7, 11) is -4.48. The van der Waals surface area contributed by atoms with Crippen LogP contribution in [0.5, 0.6) is 0 Å². The maximum absolute atomic E-state index is 10.1. The third-order valence-electron chi connectivity index (χ3n) is 2.98. The van der Waals surface area contributed by atoms with Gasteiger partial charge in [-0.25, -0.2) is 8.42 Å². The van der Waals surface area contributed by atoms with E-state index in [9.17, 15) is 13.0 Å². The van der Waals surface area contributed by atoms with Gasteiger partial charge in [0.25, 0.3) is 0 Å². The molecule has 0 saturated carbocycles. The number of hydrogen-bond acceptors (Lipinski definition) is 5. The van der Waals surface area contributed by atoms with E-state index in [-0.39, 0.29) is 36.2 Å². The van der Waals surface area contributed by atoms with Gasteiger partial charge in [0, 0.05) is 13.1 Å². The molecule has 1 aliphatic heterocycles. The van der Waals surface area contributed by atoms with Gasteiger partial charge in [-0.05, 0) is 6.42 Å². The van der Waals surface area contributed by atoms with Crippen molar-refractivity contribution in [3.63, 3.8) is 0 Å². The Balaban J connectivity index is 0. The Hall–Kier alpha value is 0.830. The van der Waals surface area contributed by atoms with Gasteiger partial charge in [-0.1, -0.05) is 64.7 Å². The maximum atomic E-state index is 10.1. The number of unbranched alkanes of at least 4 members (excludes halogenated alkanes) is 9. The average Bonchev–Trinajstić information content (AvgIpc) is 3.22. The van der Waals surface area contributed by atoms with E-state index >= 15 is 0 Å². The summed E-state index contributed by atoms with van der Waals surface area (Å²) in [6.45, 7) is 4.74. The Morgan fingerprint density at radius 1 is 0.905 bits per heavy atom. The molecular weight excluding hydrogens is 301 g/mol. The Bertz CT molecular complexity index is 295. The van der Waals surface area contributed by atoms with Crippen LogP contribution < -0.4 is 34.9 Å². The van der Waals surface area contributed by atoms with Crippen LogP contribution in [0.4, 0.5) is 0 Å². The third kappa shape index (κ3) is 29.5. The molecule has 0 spiro atoms. The standard InChI is InChI=1S/C12H26O4S.C2H5N.Na/c1-2-3-4-5-6-7-8-9-10-11-12-16-17(13,14)15;1-2-3-1;/h2-12H2,1H3,(H,13,14,15);3H,1-2H2;/q;;+1/p-1. The fraction of sp³-hybridized carbons (Fsp3) is 1.00. The minimum atomic E-state index is -4.48. The minimum Gasteiger partial charge on any atom is -0.726 e. The third-order valence-corrected chi connectivity index (χ3v) is 3.43. The van der Waals surface area contributed by atoms with E-state index in [0.29, 0.717) is 6.42 Å². The molecule has 21 heavy (non-hydrogen) atoms. The molecule has 1 heterocycles. The first-order valence-electron chi connectivity index (χ1n) is 7.87. The molecule has 0 aromatic heterocycles. The molecule has 0 aliphatic carbocycles. The Labute approximate surface area is 152 Å². The fourth-order valence-electron chi connectivity index (χ4n) is 1.75. The molecule has 5 nitrogen and oxygen atoms in total. The molecule has 0 unspecified atom stereocenters. The molecule has 0 radical (unpaired) electrons. The van der Waals surface area contributed by atoms with Crippen molar-refractivity contribution in [1.29, 1.82) is 0 Å². The first-order valence-corrected chi connectivity index (χ1v) is 9.20. The fourth-order valence-corrected chi connectivity index (χ4v) is 2.07. The van der Waals surface area contributed by atoms with Crippen LogP contribution >= 0.6 is 0 Å². The number of rotatable bonds is 12. The van der Waals surface area contributed by atoms with Gasteiger partial charge in [-0.3, -0.25) is 4.18 Å². The van der Waals surface area contributed by atoms with Gasteiger partial charge in [0.2, 0.25) is 10.4 Å². The molecular formula is C14H30NNaO4S. The van der Waals surface area contributed by atoms with Crippen molar-refractivity contribution in [3.8, 4) is 0 Å². The van der Waals surface area contributed by atoms with Crippen LogP contribution in [0.3, 0.4) is 0 Å². The zero-order valence-electron chi connectivity index (χ0n) is 13.7. The maximum Gasteiger partial charge on any atom is 1.00 e. The second kappa shape index (κ2) is 17.2. The van der Waals surface area contributed by atoms with Crippen molar-refractivity contribution >= 4 is 10.4 Å². The Kier molecular flexibility index (Phi) is 19.7. The molecule has 0 aromatic rings. The largest absolute Gasteiger partial charge is 1.00 e. The molecule has 1 rings (SSSR count). The normalized spacial score (nSPS) is 13.0. The van der Waals surface area contributed by atoms with Crippen molar-refractivity contribution in [2.75, 3.05) is 19.7 Å². The zero-order chi connectivity index (χ0) is 15.1. The van der Waals surface area contributed by atoms with Gasteiger partial charge in [0.1, 0.15) is 0 Å². The topological polar surface area (TPSA) is 88.4 Å². The van der Waals surface area contributed by atoms with Crippen molar-refractivity contribution < 1.29 is 46.7 Å². The molecule has 0 atom stereocenters. The van der Waals surface area contributed by atoms with Gasteiger partial charge in [-0.2, -0.15) is 0 Å². The van der Waals surface area contributed by atoms with Gasteiger partial charge in [0.05, 0.1) is 6.61 Å². The van der Waals surface area contributed by atoms with Gasteiger partial charge in [-0.15, -0.1) is 0 Å².